The van der Waals surface area contributed by atoms with E-state index in [1.807, 2.05) is 13.0 Å². The summed E-state index contributed by atoms with van der Waals surface area (Å²) in [7, 11) is 0. The molecule has 2 aromatic heterocycles. The Balaban J connectivity index is 1.35. The van der Waals surface area contributed by atoms with Gasteiger partial charge in [0.2, 0.25) is 12.3 Å². The van der Waals surface area contributed by atoms with Crippen LogP contribution >= 0.6 is 0 Å². The molecule has 0 aliphatic carbocycles. The third-order valence-electron chi connectivity index (χ3n) is 4.85. The highest BCUT2D eigenvalue weighted by Crippen LogP contribution is 2.21. The highest BCUT2D eigenvalue weighted by Gasteiger charge is 2.26. The lowest BCUT2D eigenvalue weighted by molar-refractivity contribution is 0.0670. The van der Waals surface area contributed by atoms with Gasteiger partial charge in [-0.15, -0.1) is 10.2 Å². The summed E-state index contributed by atoms with van der Waals surface area (Å²) < 4.78 is 10.6. The zero-order valence-corrected chi connectivity index (χ0v) is 16.2. The number of carbonyl (C=O) groups excluding carboxylic acids is 2. The van der Waals surface area contributed by atoms with Gasteiger partial charge in [0.25, 0.3) is 5.91 Å². The van der Waals surface area contributed by atoms with Crippen molar-refractivity contribution >= 4 is 17.6 Å². The quantitative estimate of drug-likeness (QED) is 0.731. The maximum Gasteiger partial charge on any atom is 0.321 e. The number of nitrogens with zero attached hydrogens (tertiary/aromatic N) is 4. The molecule has 29 heavy (non-hydrogen) atoms. The fourth-order valence-corrected chi connectivity index (χ4v) is 3.36. The number of amides is 3. The van der Waals surface area contributed by atoms with E-state index in [1.54, 1.807) is 41.0 Å². The highest BCUT2D eigenvalue weighted by atomic mass is 16.4. The van der Waals surface area contributed by atoms with Crippen molar-refractivity contribution in [2.45, 2.75) is 13.8 Å². The molecule has 3 amide bonds. The Bertz CT molecular complexity index is 1020. The van der Waals surface area contributed by atoms with E-state index in [1.165, 1.54) is 6.39 Å². The Hall–Kier alpha value is -3.62. The van der Waals surface area contributed by atoms with Gasteiger partial charge >= 0.3 is 6.03 Å². The summed E-state index contributed by atoms with van der Waals surface area (Å²) in [4.78, 5) is 28.7. The van der Waals surface area contributed by atoms with Crippen LogP contribution in [0.2, 0.25) is 0 Å². The van der Waals surface area contributed by atoms with E-state index in [-0.39, 0.29) is 11.9 Å². The SMILES string of the molecule is Cc1cc(C(=O)N2CCN(C(=O)Nc3cccc(-c4nnco4)c3)CC2)c(C)o1. The monoisotopic (exact) mass is 395 g/mol. The topological polar surface area (TPSA) is 105 Å². The second-order valence-electron chi connectivity index (χ2n) is 6.86. The fourth-order valence-electron chi connectivity index (χ4n) is 3.36. The van der Waals surface area contributed by atoms with E-state index in [4.69, 9.17) is 8.83 Å². The van der Waals surface area contributed by atoms with Gasteiger partial charge in [-0.3, -0.25) is 4.79 Å². The first-order valence-corrected chi connectivity index (χ1v) is 9.30. The number of aryl methyl sites for hydroxylation is 2. The van der Waals surface area contributed by atoms with Crippen LogP contribution in [0.1, 0.15) is 21.9 Å². The predicted octanol–water partition coefficient (Wildman–Crippen LogP) is 2.94. The molecule has 3 aromatic rings. The average molecular weight is 395 g/mol. The smallest absolute Gasteiger partial charge is 0.321 e. The molecule has 0 spiro atoms. The highest BCUT2D eigenvalue weighted by molar-refractivity contribution is 5.95. The first kappa shape index (κ1) is 18.7. The number of aromatic nitrogens is 2. The van der Waals surface area contributed by atoms with Crippen molar-refractivity contribution in [1.82, 2.24) is 20.0 Å². The summed E-state index contributed by atoms with van der Waals surface area (Å²) in [5.74, 6) is 1.66. The molecule has 1 fully saturated rings. The van der Waals surface area contributed by atoms with Crippen molar-refractivity contribution in [2.75, 3.05) is 31.5 Å². The van der Waals surface area contributed by atoms with Crippen LogP contribution < -0.4 is 5.32 Å². The second-order valence-corrected chi connectivity index (χ2v) is 6.86. The van der Waals surface area contributed by atoms with E-state index < -0.39 is 0 Å². The van der Waals surface area contributed by atoms with Crippen molar-refractivity contribution in [1.29, 1.82) is 0 Å². The molecule has 4 rings (SSSR count). The second kappa shape index (κ2) is 7.78. The summed E-state index contributed by atoms with van der Waals surface area (Å²) in [6, 6.07) is 8.74. The van der Waals surface area contributed by atoms with Gasteiger partial charge in [0.1, 0.15) is 11.5 Å². The Morgan fingerprint density at radius 2 is 1.83 bits per heavy atom. The summed E-state index contributed by atoms with van der Waals surface area (Å²) in [6.07, 6.45) is 1.26. The Morgan fingerprint density at radius 3 is 2.48 bits per heavy atom. The van der Waals surface area contributed by atoms with E-state index in [9.17, 15) is 9.59 Å². The molecule has 0 bridgehead atoms. The summed E-state index contributed by atoms with van der Waals surface area (Å²) >= 11 is 0. The van der Waals surface area contributed by atoms with Gasteiger partial charge in [-0.25, -0.2) is 4.79 Å². The largest absolute Gasteiger partial charge is 0.466 e. The van der Waals surface area contributed by atoms with Crippen LogP contribution in [0, 0.1) is 13.8 Å². The predicted molar refractivity (Wildman–Crippen MR) is 104 cm³/mol. The number of anilines is 1. The molecule has 0 unspecified atom stereocenters. The van der Waals surface area contributed by atoms with Crippen LogP contribution in [-0.4, -0.2) is 58.1 Å². The third kappa shape index (κ3) is 3.98. The molecule has 9 heteroatoms. The zero-order chi connectivity index (χ0) is 20.4. The van der Waals surface area contributed by atoms with Crippen LogP contribution in [-0.2, 0) is 0 Å². The number of benzene rings is 1. The molecule has 3 heterocycles. The van der Waals surface area contributed by atoms with Crippen molar-refractivity contribution in [3.63, 3.8) is 0 Å². The van der Waals surface area contributed by atoms with Gasteiger partial charge in [-0.2, -0.15) is 0 Å². The van der Waals surface area contributed by atoms with Crippen LogP contribution in [0.15, 0.2) is 45.6 Å². The minimum atomic E-state index is -0.213. The van der Waals surface area contributed by atoms with E-state index in [0.29, 0.717) is 54.8 Å². The number of piperazine rings is 1. The summed E-state index contributed by atoms with van der Waals surface area (Å²) in [6.45, 7) is 5.45. The molecule has 1 aliphatic rings. The molecule has 0 saturated carbocycles. The Labute approximate surface area is 167 Å². The number of rotatable bonds is 3. The van der Waals surface area contributed by atoms with Crippen LogP contribution in [0.4, 0.5) is 10.5 Å². The van der Waals surface area contributed by atoms with E-state index in [0.717, 1.165) is 5.56 Å². The van der Waals surface area contributed by atoms with Gasteiger partial charge in [-0.05, 0) is 38.1 Å². The van der Waals surface area contributed by atoms with Crippen molar-refractivity contribution in [3.8, 4) is 11.5 Å². The molecule has 1 saturated heterocycles. The lowest BCUT2D eigenvalue weighted by atomic mass is 10.2. The standard InChI is InChI=1S/C20H21N5O4/c1-13-10-17(14(2)29-13)19(26)24-6-8-25(9-7-24)20(27)22-16-5-3-4-15(11-16)18-23-21-12-28-18/h3-5,10-12H,6-9H2,1-2H3,(H,22,27). The van der Waals surface area contributed by atoms with E-state index >= 15 is 0 Å². The molecule has 1 aromatic carbocycles. The summed E-state index contributed by atoms with van der Waals surface area (Å²) in [5.41, 5.74) is 1.94. The number of furan rings is 1. The van der Waals surface area contributed by atoms with Crippen LogP contribution in [0.3, 0.4) is 0 Å². The number of nitrogens with one attached hydrogen (secondary N) is 1. The van der Waals surface area contributed by atoms with Crippen LogP contribution in [0.5, 0.6) is 0 Å². The summed E-state index contributed by atoms with van der Waals surface area (Å²) in [5, 5.41) is 10.4. The van der Waals surface area contributed by atoms with Gasteiger partial charge in [0.15, 0.2) is 0 Å². The normalized spacial score (nSPS) is 14.1. The molecular formula is C20H21N5O4. The molecular weight excluding hydrogens is 374 g/mol. The first-order valence-electron chi connectivity index (χ1n) is 9.30. The minimum absolute atomic E-state index is 0.0633. The number of hydrogen-bond donors (Lipinski definition) is 1. The van der Waals surface area contributed by atoms with Crippen molar-refractivity contribution < 1.29 is 18.4 Å². The number of hydrogen-bond acceptors (Lipinski definition) is 6. The molecule has 1 N–H and O–H groups in total. The van der Waals surface area contributed by atoms with Gasteiger partial charge in [-0.1, -0.05) is 6.07 Å². The Morgan fingerprint density at radius 1 is 1.07 bits per heavy atom. The first-order chi connectivity index (χ1) is 14.0. The van der Waals surface area contributed by atoms with Crippen molar-refractivity contribution in [2.24, 2.45) is 0 Å². The molecule has 0 atom stereocenters. The molecule has 150 valence electrons. The zero-order valence-electron chi connectivity index (χ0n) is 16.2. The van der Waals surface area contributed by atoms with Crippen LogP contribution in [0.25, 0.3) is 11.5 Å². The van der Waals surface area contributed by atoms with Gasteiger partial charge in [0.05, 0.1) is 5.56 Å². The lowest BCUT2D eigenvalue weighted by Crippen LogP contribution is -2.51. The lowest BCUT2D eigenvalue weighted by Gasteiger charge is -2.34. The third-order valence-corrected chi connectivity index (χ3v) is 4.85. The van der Waals surface area contributed by atoms with Gasteiger partial charge < -0.3 is 24.0 Å². The number of carbonyl (C=O) groups is 2. The Kier molecular flexibility index (Phi) is 5.03. The molecule has 0 radical (unpaired) electrons. The average Bonchev–Trinajstić information content (AvgIpc) is 3.37. The maximum atomic E-state index is 12.7. The molecule has 1 aliphatic heterocycles. The van der Waals surface area contributed by atoms with Crippen molar-refractivity contribution in [3.05, 3.63) is 53.8 Å². The number of urea groups is 1. The fraction of sp³-hybridized carbons (Fsp3) is 0.300. The minimum Gasteiger partial charge on any atom is -0.466 e. The van der Waals surface area contributed by atoms with Gasteiger partial charge in [0, 0.05) is 37.4 Å². The molecule has 9 nitrogen and oxygen atoms in total. The maximum absolute atomic E-state index is 12.7. The van der Waals surface area contributed by atoms with E-state index in [2.05, 4.69) is 15.5 Å².